The van der Waals surface area contributed by atoms with Crippen molar-refractivity contribution in [2.75, 3.05) is 31.1 Å². The molecule has 1 fully saturated rings. The van der Waals surface area contributed by atoms with Crippen LogP contribution in [0.4, 0.5) is 5.69 Å². The highest BCUT2D eigenvalue weighted by Gasteiger charge is 2.15. The van der Waals surface area contributed by atoms with Crippen molar-refractivity contribution < 1.29 is 0 Å². The minimum atomic E-state index is 0.916. The number of H-pyrrole nitrogens is 1. The van der Waals surface area contributed by atoms with Crippen LogP contribution in [0.3, 0.4) is 0 Å². The van der Waals surface area contributed by atoms with Crippen LogP contribution in [-0.4, -0.2) is 36.4 Å². The molecule has 0 radical (unpaired) electrons. The number of aromatic amines is 1. The van der Waals surface area contributed by atoms with Crippen LogP contribution in [-0.2, 0) is 6.42 Å². The first kappa shape index (κ1) is 12.2. The average molecular weight is 256 g/mol. The van der Waals surface area contributed by atoms with Crippen LogP contribution in [0.25, 0.3) is 0 Å². The molecule has 1 aromatic heterocycles. The minimum absolute atomic E-state index is 0.916. The summed E-state index contributed by atoms with van der Waals surface area (Å²) < 4.78 is 0. The van der Waals surface area contributed by atoms with Crippen LogP contribution in [0.5, 0.6) is 0 Å². The van der Waals surface area contributed by atoms with Crippen LogP contribution < -0.4 is 10.2 Å². The van der Waals surface area contributed by atoms with Gasteiger partial charge in [-0.2, -0.15) is 5.10 Å². The predicted molar refractivity (Wildman–Crippen MR) is 77.7 cm³/mol. The van der Waals surface area contributed by atoms with Gasteiger partial charge in [0.25, 0.3) is 0 Å². The Hall–Kier alpha value is -1.81. The second-order valence-electron chi connectivity index (χ2n) is 5.13. The van der Waals surface area contributed by atoms with Crippen molar-refractivity contribution in [2.45, 2.75) is 13.3 Å². The van der Waals surface area contributed by atoms with Gasteiger partial charge in [-0.3, -0.25) is 5.10 Å². The van der Waals surface area contributed by atoms with E-state index in [1.807, 2.05) is 6.20 Å². The Morgan fingerprint density at radius 1 is 1.16 bits per heavy atom. The summed E-state index contributed by atoms with van der Waals surface area (Å²) in [6.07, 6.45) is 2.87. The molecule has 1 aliphatic rings. The summed E-state index contributed by atoms with van der Waals surface area (Å²) in [5.74, 6) is 0. The van der Waals surface area contributed by atoms with E-state index in [0.717, 1.165) is 32.6 Å². The number of nitrogens with zero attached hydrogens (tertiary/aromatic N) is 2. The number of piperazine rings is 1. The number of aryl methyl sites for hydroxylation is 1. The molecule has 1 aliphatic heterocycles. The van der Waals surface area contributed by atoms with Gasteiger partial charge < -0.3 is 10.2 Å². The zero-order valence-electron chi connectivity index (χ0n) is 11.3. The van der Waals surface area contributed by atoms with Crippen LogP contribution >= 0.6 is 0 Å². The average Bonchev–Trinajstić information content (AvgIpc) is 2.90. The number of hydrogen-bond donors (Lipinski definition) is 2. The fraction of sp³-hybridized carbons (Fsp3) is 0.400. The third-order valence-corrected chi connectivity index (χ3v) is 3.65. The summed E-state index contributed by atoms with van der Waals surface area (Å²) in [6, 6.07) is 8.71. The molecule has 100 valence electrons. The summed E-state index contributed by atoms with van der Waals surface area (Å²) in [6.45, 7) is 6.33. The van der Waals surface area contributed by atoms with E-state index >= 15 is 0 Å². The highest BCUT2D eigenvalue weighted by molar-refractivity contribution is 5.51. The number of nitrogens with one attached hydrogen (secondary N) is 2. The third kappa shape index (κ3) is 2.79. The maximum Gasteiger partial charge on any atom is 0.0786 e. The molecule has 0 spiro atoms. The maximum atomic E-state index is 4.22. The van der Waals surface area contributed by atoms with Gasteiger partial charge in [0.05, 0.1) is 17.6 Å². The van der Waals surface area contributed by atoms with Crippen molar-refractivity contribution in [2.24, 2.45) is 0 Å². The standard InChI is InChI=1S/C15H20N4/c1-12-2-4-13(5-3-12)10-14-15(11-17-18-14)19-8-6-16-7-9-19/h2-5,11,16H,6-10H2,1H3,(H,17,18). The third-order valence-electron chi connectivity index (χ3n) is 3.65. The van der Waals surface area contributed by atoms with E-state index in [1.54, 1.807) is 0 Å². The van der Waals surface area contributed by atoms with E-state index in [-0.39, 0.29) is 0 Å². The number of aromatic nitrogens is 2. The van der Waals surface area contributed by atoms with Gasteiger partial charge in [-0.1, -0.05) is 29.8 Å². The Kier molecular flexibility index (Phi) is 3.51. The molecule has 1 aromatic carbocycles. The van der Waals surface area contributed by atoms with Crippen LogP contribution in [0.2, 0.25) is 0 Å². The zero-order chi connectivity index (χ0) is 13.1. The lowest BCUT2D eigenvalue weighted by molar-refractivity contribution is 0.588. The molecule has 0 amide bonds. The van der Waals surface area contributed by atoms with E-state index < -0.39 is 0 Å². The van der Waals surface area contributed by atoms with Crippen LogP contribution in [0, 0.1) is 6.92 Å². The number of anilines is 1. The molecule has 0 atom stereocenters. The van der Waals surface area contributed by atoms with E-state index in [2.05, 4.69) is 51.6 Å². The minimum Gasteiger partial charge on any atom is -0.366 e. The number of hydrogen-bond acceptors (Lipinski definition) is 3. The largest absolute Gasteiger partial charge is 0.366 e. The summed E-state index contributed by atoms with van der Waals surface area (Å²) >= 11 is 0. The highest BCUT2D eigenvalue weighted by atomic mass is 15.2. The molecule has 0 saturated carbocycles. The van der Waals surface area contributed by atoms with E-state index in [9.17, 15) is 0 Å². The van der Waals surface area contributed by atoms with Crippen molar-refractivity contribution in [3.63, 3.8) is 0 Å². The van der Waals surface area contributed by atoms with Crippen molar-refractivity contribution in [1.29, 1.82) is 0 Å². The van der Waals surface area contributed by atoms with Crippen molar-refractivity contribution >= 4 is 5.69 Å². The highest BCUT2D eigenvalue weighted by Crippen LogP contribution is 2.21. The Bertz CT molecular complexity index is 523. The van der Waals surface area contributed by atoms with Gasteiger partial charge in [-0.25, -0.2) is 0 Å². The molecule has 0 bridgehead atoms. The topological polar surface area (TPSA) is 44.0 Å². The SMILES string of the molecule is Cc1ccc(Cc2[nH]ncc2N2CCNCC2)cc1. The molecule has 0 aliphatic carbocycles. The molecule has 2 heterocycles. The summed E-state index contributed by atoms with van der Waals surface area (Å²) in [5.41, 5.74) is 5.09. The monoisotopic (exact) mass is 256 g/mol. The van der Waals surface area contributed by atoms with Gasteiger partial charge in [-0.15, -0.1) is 0 Å². The first-order chi connectivity index (χ1) is 9.33. The fourth-order valence-electron chi connectivity index (χ4n) is 2.52. The van der Waals surface area contributed by atoms with Gasteiger partial charge in [-0.05, 0) is 12.5 Å². The van der Waals surface area contributed by atoms with Crippen LogP contribution in [0.1, 0.15) is 16.8 Å². The second kappa shape index (κ2) is 5.45. The molecule has 0 unspecified atom stereocenters. The lowest BCUT2D eigenvalue weighted by Crippen LogP contribution is -2.43. The smallest absolute Gasteiger partial charge is 0.0786 e. The Labute approximate surface area is 113 Å². The van der Waals surface area contributed by atoms with Gasteiger partial charge in [0.1, 0.15) is 0 Å². The molecule has 1 saturated heterocycles. The van der Waals surface area contributed by atoms with E-state index in [0.29, 0.717) is 0 Å². The molecular weight excluding hydrogens is 236 g/mol. The molecule has 19 heavy (non-hydrogen) atoms. The lowest BCUT2D eigenvalue weighted by atomic mass is 10.1. The summed E-state index contributed by atoms with van der Waals surface area (Å²) in [7, 11) is 0. The number of benzene rings is 1. The molecule has 2 aromatic rings. The molecular formula is C15H20N4. The van der Waals surface area contributed by atoms with Crippen LogP contribution in [0.15, 0.2) is 30.5 Å². The number of rotatable bonds is 3. The fourth-order valence-corrected chi connectivity index (χ4v) is 2.52. The molecule has 2 N–H and O–H groups in total. The maximum absolute atomic E-state index is 4.22. The van der Waals surface area contributed by atoms with Crippen molar-refractivity contribution in [3.05, 3.63) is 47.3 Å². The van der Waals surface area contributed by atoms with Gasteiger partial charge >= 0.3 is 0 Å². The Morgan fingerprint density at radius 3 is 2.63 bits per heavy atom. The zero-order valence-corrected chi connectivity index (χ0v) is 11.3. The normalized spacial score (nSPS) is 15.7. The van der Waals surface area contributed by atoms with Crippen molar-refractivity contribution in [3.8, 4) is 0 Å². The van der Waals surface area contributed by atoms with E-state index in [4.69, 9.17) is 0 Å². The lowest BCUT2D eigenvalue weighted by Gasteiger charge is -2.29. The predicted octanol–water partition coefficient (Wildman–Crippen LogP) is 1.72. The van der Waals surface area contributed by atoms with Gasteiger partial charge in [0, 0.05) is 32.6 Å². The first-order valence-corrected chi connectivity index (χ1v) is 6.86. The van der Waals surface area contributed by atoms with E-state index in [1.165, 1.54) is 22.5 Å². The molecule has 3 rings (SSSR count). The quantitative estimate of drug-likeness (QED) is 0.879. The van der Waals surface area contributed by atoms with Gasteiger partial charge in [0.15, 0.2) is 0 Å². The first-order valence-electron chi connectivity index (χ1n) is 6.86. The summed E-state index contributed by atoms with van der Waals surface area (Å²) in [4.78, 5) is 2.41. The Morgan fingerprint density at radius 2 is 1.89 bits per heavy atom. The molecule has 4 heteroatoms. The molecule has 4 nitrogen and oxygen atoms in total. The van der Waals surface area contributed by atoms with Crippen molar-refractivity contribution in [1.82, 2.24) is 15.5 Å². The summed E-state index contributed by atoms with van der Waals surface area (Å²) in [5, 5.41) is 10.8. The second-order valence-corrected chi connectivity index (χ2v) is 5.13. The Balaban J connectivity index is 1.77. The van der Waals surface area contributed by atoms with Gasteiger partial charge in [0.2, 0.25) is 0 Å².